The second-order valence-electron chi connectivity index (χ2n) is 4.82. The lowest BCUT2D eigenvalue weighted by molar-refractivity contribution is -0.130. The number of hydrogen-bond donors (Lipinski definition) is 1. The van der Waals surface area contributed by atoms with Gasteiger partial charge in [0.15, 0.2) is 0 Å². The second-order valence-corrected chi connectivity index (χ2v) is 4.82. The first-order valence-corrected chi connectivity index (χ1v) is 6.13. The Labute approximate surface area is 98.3 Å². The smallest absolute Gasteiger partial charge is 0.236 e. The summed E-state index contributed by atoms with van der Waals surface area (Å²) in [5.74, 6) is 0.139. The van der Waals surface area contributed by atoms with Gasteiger partial charge in [-0.3, -0.25) is 4.79 Å². The monoisotopic (exact) mass is 228 g/mol. The van der Waals surface area contributed by atoms with E-state index in [1.165, 1.54) is 0 Å². The summed E-state index contributed by atoms with van der Waals surface area (Å²) in [6, 6.07) is 0.513. The summed E-state index contributed by atoms with van der Waals surface area (Å²) in [5, 5.41) is 3.24. The number of likely N-dealkylation sites (N-methyl/N-ethyl adjacent to an activating group) is 1. The zero-order valence-corrected chi connectivity index (χ0v) is 10.8. The summed E-state index contributed by atoms with van der Waals surface area (Å²) >= 11 is 0. The minimum absolute atomic E-state index is 0.139. The van der Waals surface area contributed by atoms with Crippen molar-refractivity contribution >= 4 is 5.91 Å². The lowest BCUT2D eigenvalue weighted by Crippen LogP contribution is -2.45. The Kier molecular flexibility index (Phi) is 5.22. The molecular weight excluding hydrogens is 204 g/mol. The number of rotatable bonds is 5. The molecule has 4 nitrogen and oxygen atoms in total. The Morgan fingerprint density at radius 1 is 1.50 bits per heavy atom. The van der Waals surface area contributed by atoms with Crippen LogP contribution in [0.5, 0.6) is 0 Å². The molecule has 0 radical (unpaired) electrons. The number of nitrogens with one attached hydrogen (secondary N) is 1. The Balaban J connectivity index is 2.25. The van der Waals surface area contributed by atoms with Crippen LogP contribution in [-0.2, 0) is 9.53 Å². The molecule has 0 saturated carbocycles. The summed E-state index contributed by atoms with van der Waals surface area (Å²) in [7, 11) is 1.84. The first kappa shape index (κ1) is 13.5. The van der Waals surface area contributed by atoms with Gasteiger partial charge in [-0.05, 0) is 33.6 Å². The molecule has 2 atom stereocenters. The quantitative estimate of drug-likeness (QED) is 0.763. The summed E-state index contributed by atoms with van der Waals surface area (Å²) in [4.78, 5) is 13.5. The van der Waals surface area contributed by atoms with Gasteiger partial charge in [0.1, 0.15) is 0 Å². The molecule has 94 valence electrons. The van der Waals surface area contributed by atoms with Crippen molar-refractivity contribution in [3.8, 4) is 0 Å². The zero-order valence-electron chi connectivity index (χ0n) is 10.8. The van der Waals surface area contributed by atoms with E-state index < -0.39 is 0 Å². The third-order valence-electron chi connectivity index (χ3n) is 3.27. The van der Waals surface area contributed by atoms with Crippen molar-refractivity contribution in [2.45, 2.75) is 51.8 Å². The number of carbonyl (C=O) groups is 1. The van der Waals surface area contributed by atoms with Crippen LogP contribution >= 0.6 is 0 Å². The number of carbonyl (C=O) groups excluding carboxylic acids is 1. The van der Waals surface area contributed by atoms with Crippen molar-refractivity contribution in [1.82, 2.24) is 10.2 Å². The molecule has 1 saturated heterocycles. The molecule has 1 heterocycles. The van der Waals surface area contributed by atoms with Crippen LogP contribution in [0.15, 0.2) is 0 Å². The predicted molar refractivity (Wildman–Crippen MR) is 64.3 cm³/mol. The van der Waals surface area contributed by atoms with Gasteiger partial charge in [-0.1, -0.05) is 0 Å². The molecule has 0 spiro atoms. The van der Waals surface area contributed by atoms with Gasteiger partial charge < -0.3 is 15.0 Å². The molecule has 0 aliphatic carbocycles. The average Bonchev–Trinajstić information content (AvgIpc) is 2.77. The summed E-state index contributed by atoms with van der Waals surface area (Å²) in [5.41, 5.74) is 0. The SMILES string of the molecule is CC(NCC(=O)N(C)C(C)C)C1CCCO1. The predicted octanol–water partition coefficient (Wildman–Crippen LogP) is 1.01. The van der Waals surface area contributed by atoms with E-state index in [4.69, 9.17) is 4.74 Å². The number of amides is 1. The van der Waals surface area contributed by atoms with Crippen LogP contribution < -0.4 is 5.32 Å². The van der Waals surface area contributed by atoms with E-state index in [0.29, 0.717) is 6.54 Å². The fraction of sp³-hybridized carbons (Fsp3) is 0.917. The van der Waals surface area contributed by atoms with E-state index in [1.807, 2.05) is 20.9 Å². The van der Waals surface area contributed by atoms with Gasteiger partial charge in [-0.2, -0.15) is 0 Å². The van der Waals surface area contributed by atoms with Gasteiger partial charge in [0.25, 0.3) is 0 Å². The van der Waals surface area contributed by atoms with E-state index >= 15 is 0 Å². The van der Waals surface area contributed by atoms with Gasteiger partial charge >= 0.3 is 0 Å². The molecule has 0 aromatic rings. The molecule has 1 fully saturated rings. The Hall–Kier alpha value is -0.610. The number of nitrogens with zero attached hydrogens (tertiary/aromatic N) is 1. The molecule has 0 aromatic heterocycles. The zero-order chi connectivity index (χ0) is 12.1. The Bertz CT molecular complexity index is 225. The maximum atomic E-state index is 11.7. The third-order valence-corrected chi connectivity index (χ3v) is 3.27. The fourth-order valence-electron chi connectivity index (χ4n) is 1.79. The second kappa shape index (κ2) is 6.21. The number of ether oxygens (including phenoxy) is 1. The highest BCUT2D eigenvalue weighted by molar-refractivity contribution is 5.78. The van der Waals surface area contributed by atoms with Crippen LogP contribution in [-0.4, -0.2) is 49.2 Å². The van der Waals surface area contributed by atoms with Gasteiger partial charge in [0.2, 0.25) is 5.91 Å². The van der Waals surface area contributed by atoms with Gasteiger partial charge in [0, 0.05) is 25.7 Å². The first-order valence-electron chi connectivity index (χ1n) is 6.13. The van der Waals surface area contributed by atoms with Crippen LogP contribution in [0, 0.1) is 0 Å². The van der Waals surface area contributed by atoms with E-state index in [-0.39, 0.29) is 24.1 Å². The Morgan fingerprint density at radius 3 is 2.69 bits per heavy atom. The van der Waals surface area contributed by atoms with Gasteiger partial charge in [0.05, 0.1) is 12.6 Å². The normalized spacial score (nSPS) is 22.4. The minimum Gasteiger partial charge on any atom is -0.377 e. The molecule has 4 heteroatoms. The largest absolute Gasteiger partial charge is 0.377 e. The van der Waals surface area contributed by atoms with Gasteiger partial charge in [-0.25, -0.2) is 0 Å². The molecule has 16 heavy (non-hydrogen) atoms. The van der Waals surface area contributed by atoms with E-state index in [1.54, 1.807) is 4.90 Å². The highest BCUT2D eigenvalue weighted by atomic mass is 16.5. The van der Waals surface area contributed by atoms with Crippen molar-refractivity contribution in [2.75, 3.05) is 20.2 Å². The molecule has 2 unspecified atom stereocenters. The molecule has 1 aliphatic heterocycles. The van der Waals surface area contributed by atoms with Crippen molar-refractivity contribution in [3.63, 3.8) is 0 Å². The van der Waals surface area contributed by atoms with Crippen LogP contribution in [0.2, 0.25) is 0 Å². The topological polar surface area (TPSA) is 41.6 Å². The van der Waals surface area contributed by atoms with Crippen molar-refractivity contribution in [1.29, 1.82) is 0 Å². The molecule has 1 N–H and O–H groups in total. The molecule has 1 aliphatic rings. The highest BCUT2D eigenvalue weighted by Gasteiger charge is 2.23. The standard InChI is InChI=1S/C12H24N2O2/c1-9(2)14(4)12(15)8-13-10(3)11-6-5-7-16-11/h9-11,13H,5-8H2,1-4H3. The van der Waals surface area contributed by atoms with Crippen LogP contribution in [0.1, 0.15) is 33.6 Å². The molecule has 0 bridgehead atoms. The summed E-state index contributed by atoms with van der Waals surface area (Å²) < 4.78 is 5.57. The third kappa shape index (κ3) is 3.76. The van der Waals surface area contributed by atoms with Crippen LogP contribution in [0.4, 0.5) is 0 Å². The molecular formula is C12H24N2O2. The van der Waals surface area contributed by atoms with E-state index in [2.05, 4.69) is 12.2 Å². The van der Waals surface area contributed by atoms with Crippen molar-refractivity contribution in [2.24, 2.45) is 0 Å². The van der Waals surface area contributed by atoms with E-state index in [0.717, 1.165) is 19.4 Å². The maximum Gasteiger partial charge on any atom is 0.236 e. The summed E-state index contributed by atoms with van der Waals surface area (Å²) in [6.45, 7) is 7.37. The Morgan fingerprint density at radius 2 is 2.19 bits per heavy atom. The highest BCUT2D eigenvalue weighted by Crippen LogP contribution is 2.15. The lowest BCUT2D eigenvalue weighted by atomic mass is 10.1. The molecule has 0 aromatic carbocycles. The first-order chi connectivity index (χ1) is 7.52. The van der Waals surface area contributed by atoms with Gasteiger partial charge in [-0.15, -0.1) is 0 Å². The maximum absolute atomic E-state index is 11.7. The van der Waals surface area contributed by atoms with Crippen LogP contribution in [0.25, 0.3) is 0 Å². The molecule has 1 rings (SSSR count). The minimum atomic E-state index is 0.139. The van der Waals surface area contributed by atoms with Crippen molar-refractivity contribution < 1.29 is 9.53 Å². The summed E-state index contributed by atoms with van der Waals surface area (Å²) in [6.07, 6.45) is 2.51. The van der Waals surface area contributed by atoms with Crippen molar-refractivity contribution in [3.05, 3.63) is 0 Å². The fourth-order valence-corrected chi connectivity index (χ4v) is 1.79. The van der Waals surface area contributed by atoms with E-state index in [9.17, 15) is 4.79 Å². The average molecular weight is 228 g/mol. The molecule has 1 amide bonds. The number of hydrogen-bond acceptors (Lipinski definition) is 3. The van der Waals surface area contributed by atoms with Crippen LogP contribution in [0.3, 0.4) is 0 Å². The lowest BCUT2D eigenvalue weighted by Gasteiger charge is -2.24.